The third-order valence-electron chi connectivity index (χ3n) is 1.88. The SMILES string of the molecule is C1=C[C-](c2ccccc2)C=C[CH-]1. The molecule has 60 valence electrons. The summed E-state index contributed by atoms with van der Waals surface area (Å²) in [6.07, 6.45) is 10.4. The van der Waals surface area contributed by atoms with Gasteiger partial charge in [-0.2, -0.15) is 0 Å². The van der Waals surface area contributed by atoms with Gasteiger partial charge in [0.2, 0.25) is 0 Å². The second kappa shape index (κ2) is 3.22. The van der Waals surface area contributed by atoms with E-state index in [2.05, 4.69) is 48.6 Å². The van der Waals surface area contributed by atoms with Crippen LogP contribution in [0.3, 0.4) is 0 Å². The summed E-state index contributed by atoms with van der Waals surface area (Å²) in [5, 5.41) is 0. The van der Waals surface area contributed by atoms with Gasteiger partial charge in [-0.05, 0) is 0 Å². The molecule has 12 heavy (non-hydrogen) atoms. The van der Waals surface area contributed by atoms with Gasteiger partial charge in [0.25, 0.3) is 0 Å². The summed E-state index contributed by atoms with van der Waals surface area (Å²) in [5.41, 5.74) is 1.28. The van der Waals surface area contributed by atoms with E-state index >= 15 is 0 Å². The van der Waals surface area contributed by atoms with E-state index in [-0.39, 0.29) is 0 Å². The van der Waals surface area contributed by atoms with Gasteiger partial charge in [-0.25, -0.2) is 36.6 Å². The minimum atomic E-state index is 1.28. The number of rotatable bonds is 1. The summed E-state index contributed by atoms with van der Waals surface area (Å²) in [4.78, 5) is 0. The largest absolute Gasteiger partial charge is 0.237 e. The molecule has 0 radical (unpaired) electrons. The fourth-order valence-electron chi connectivity index (χ4n) is 1.26. The molecule has 0 saturated heterocycles. The van der Waals surface area contributed by atoms with Crippen LogP contribution < -0.4 is 0 Å². The highest BCUT2D eigenvalue weighted by Crippen LogP contribution is 2.20. The maximum Gasteiger partial charge on any atom is -0.0771 e. The van der Waals surface area contributed by atoms with E-state index in [1.54, 1.807) is 0 Å². The Labute approximate surface area is 73.2 Å². The minimum absolute atomic E-state index is 1.28. The molecular formula is C12H10-2. The lowest BCUT2D eigenvalue weighted by atomic mass is 9.95. The molecule has 1 aliphatic carbocycles. The maximum absolute atomic E-state index is 2.12. The number of hydrogen-bond donors (Lipinski definition) is 0. The summed E-state index contributed by atoms with van der Waals surface area (Å²) in [7, 11) is 0. The van der Waals surface area contributed by atoms with Crippen molar-refractivity contribution >= 4 is 0 Å². The third-order valence-corrected chi connectivity index (χ3v) is 1.88. The Morgan fingerprint density at radius 2 is 1.58 bits per heavy atom. The molecule has 0 fully saturated rings. The molecule has 0 atom stereocenters. The lowest BCUT2D eigenvalue weighted by molar-refractivity contribution is 1.33. The Bertz CT molecular complexity index is 281. The Morgan fingerprint density at radius 3 is 2.25 bits per heavy atom. The smallest absolute Gasteiger partial charge is 0.0771 e. The Kier molecular flexibility index (Phi) is 1.91. The van der Waals surface area contributed by atoms with Crippen LogP contribution in [0, 0.1) is 12.3 Å². The lowest BCUT2D eigenvalue weighted by Gasteiger charge is -2.26. The lowest BCUT2D eigenvalue weighted by Crippen LogP contribution is -1.93. The van der Waals surface area contributed by atoms with Gasteiger partial charge in [0.1, 0.15) is 0 Å². The normalized spacial score (nSPS) is 14.5. The van der Waals surface area contributed by atoms with Crippen molar-refractivity contribution in [2.45, 2.75) is 0 Å². The molecule has 1 aromatic carbocycles. The average Bonchev–Trinajstić information content (AvgIpc) is 2.21. The highest BCUT2D eigenvalue weighted by Gasteiger charge is 1.88. The topological polar surface area (TPSA) is 0 Å². The second-order valence-electron chi connectivity index (χ2n) is 2.73. The molecule has 0 unspecified atom stereocenters. The van der Waals surface area contributed by atoms with Crippen molar-refractivity contribution in [2.75, 3.05) is 0 Å². The molecule has 0 heteroatoms. The van der Waals surface area contributed by atoms with E-state index in [9.17, 15) is 0 Å². The summed E-state index contributed by atoms with van der Waals surface area (Å²) in [6.45, 7) is 0. The summed E-state index contributed by atoms with van der Waals surface area (Å²) in [5.74, 6) is 1.28. The average molecular weight is 154 g/mol. The summed E-state index contributed by atoms with van der Waals surface area (Å²) in [6, 6.07) is 10.4. The monoisotopic (exact) mass is 154 g/mol. The van der Waals surface area contributed by atoms with E-state index in [4.69, 9.17) is 0 Å². The van der Waals surface area contributed by atoms with Gasteiger partial charge in [-0.15, -0.1) is 17.7 Å². The zero-order valence-electron chi connectivity index (χ0n) is 6.77. The quantitative estimate of drug-likeness (QED) is 0.545. The number of allylic oxidation sites excluding steroid dienone is 4. The van der Waals surface area contributed by atoms with Crippen LogP contribution >= 0.6 is 0 Å². The maximum atomic E-state index is 2.12. The van der Waals surface area contributed by atoms with Crippen LogP contribution in [0.25, 0.3) is 0 Å². The van der Waals surface area contributed by atoms with Crippen molar-refractivity contribution < 1.29 is 0 Å². The van der Waals surface area contributed by atoms with E-state index in [1.165, 1.54) is 11.5 Å². The van der Waals surface area contributed by atoms with E-state index in [1.807, 2.05) is 12.5 Å². The van der Waals surface area contributed by atoms with Crippen LogP contribution in [0.1, 0.15) is 5.56 Å². The van der Waals surface area contributed by atoms with Gasteiger partial charge in [-0.1, -0.05) is 18.2 Å². The first-order chi connectivity index (χ1) is 5.97. The summed E-state index contributed by atoms with van der Waals surface area (Å²) < 4.78 is 0. The van der Waals surface area contributed by atoms with Gasteiger partial charge < -0.3 is 0 Å². The first-order valence-corrected chi connectivity index (χ1v) is 4.07. The minimum Gasteiger partial charge on any atom is -0.237 e. The molecule has 0 N–H and O–H groups in total. The Morgan fingerprint density at radius 1 is 0.917 bits per heavy atom. The van der Waals surface area contributed by atoms with Gasteiger partial charge in [0, 0.05) is 0 Å². The second-order valence-corrected chi connectivity index (χ2v) is 2.73. The number of benzene rings is 1. The molecule has 0 aromatic heterocycles. The fraction of sp³-hybridized carbons (Fsp3) is 0. The van der Waals surface area contributed by atoms with Crippen LogP contribution in [-0.2, 0) is 0 Å². The molecule has 0 nitrogen and oxygen atoms in total. The van der Waals surface area contributed by atoms with Gasteiger partial charge in [0.15, 0.2) is 0 Å². The Hall–Kier alpha value is -1.56. The van der Waals surface area contributed by atoms with E-state index in [0.717, 1.165) is 0 Å². The standard InChI is InChI=1S/C12H10/c1-3-7-11(8-4-1)12-9-5-2-6-10-12/h1-10H/q-2. The first kappa shape index (κ1) is 7.11. The van der Waals surface area contributed by atoms with Crippen molar-refractivity contribution in [3.63, 3.8) is 0 Å². The van der Waals surface area contributed by atoms with Gasteiger partial charge in [-0.3, -0.25) is 0 Å². The highest BCUT2D eigenvalue weighted by atomic mass is 14.1. The molecular weight excluding hydrogens is 144 g/mol. The van der Waals surface area contributed by atoms with Crippen LogP contribution in [0.15, 0.2) is 54.6 Å². The van der Waals surface area contributed by atoms with Crippen molar-refractivity contribution in [1.29, 1.82) is 0 Å². The molecule has 1 aliphatic rings. The number of hydrogen-bond acceptors (Lipinski definition) is 0. The first-order valence-electron chi connectivity index (χ1n) is 4.07. The van der Waals surface area contributed by atoms with Crippen LogP contribution in [0.2, 0.25) is 0 Å². The Balaban J connectivity index is 2.25. The van der Waals surface area contributed by atoms with Crippen molar-refractivity contribution in [1.82, 2.24) is 0 Å². The molecule has 0 bridgehead atoms. The van der Waals surface area contributed by atoms with Crippen molar-refractivity contribution in [3.05, 3.63) is 72.5 Å². The van der Waals surface area contributed by atoms with Gasteiger partial charge in [0.05, 0.1) is 0 Å². The van der Waals surface area contributed by atoms with Gasteiger partial charge >= 0.3 is 0 Å². The molecule has 2 rings (SSSR count). The van der Waals surface area contributed by atoms with Crippen LogP contribution in [-0.4, -0.2) is 0 Å². The predicted octanol–water partition coefficient (Wildman–Crippen LogP) is 2.94. The van der Waals surface area contributed by atoms with Crippen LogP contribution in [0.4, 0.5) is 0 Å². The zero-order chi connectivity index (χ0) is 8.23. The molecule has 0 aliphatic heterocycles. The predicted molar refractivity (Wildman–Crippen MR) is 51.4 cm³/mol. The van der Waals surface area contributed by atoms with Crippen molar-refractivity contribution in [2.24, 2.45) is 0 Å². The molecule has 0 amide bonds. The zero-order valence-corrected chi connectivity index (χ0v) is 6.77. The van der Waals surface area contributed by atoms with E-state index in [0.29, 0.717) is 0 Å². The molecule has 0 spiro atoms. The molecule has 0 saturated carbocycles. The van der Waals surface area contributed by atoms with Crippen molar-refractivity contribution in [3.8, 4) is 0 Å². The third kappa shape index (κ3) is 1.37. The van der Waals surface area contributed by atoms with E-state index < -0.39 is 0 Å². The molecule has 1 aromatic rings. The van der Waals surface area contributed by atoms with Crippen LogP contribution in [0.5, 0.6) is 0 Å². The molecule has 0 heterocycles. The highest BCUT2D eigenvalue weighted by molar-refractivity contribution is 5.47. The fourth-order valence-corrected chi connectivity index (χ4v) is 1.26. The summed E-state index contributed by atoms with van der Waals surface area (Å²) >= 11 is 0.